The highest BCUT2D eigenvalue weighted by Gasteiger charge is 2.21. The Morgan fingerprint density at radius 2 is 1.75 bits per heavy atom. The second kappa shape index (κ2) is 8.68. The fourth-order valence-corrected chi connectivity index (χ4v) is 3.11. The molecule has 0 amide bonds. The molecule has 0 aliphatic heterocycles. The lowest BCUT2D eigenvalue weighted by molar-refractivity contribution is 0.390. The molecule has 0 saturated heterocycles. The zero-order valence-electron chi connectivity index (χ0n) is 11.4. The molecule has 116 valence electrons. The molecule has 6 nitrogen and oxygen atoms in total. The molecule has 0 unspecified atom stereocenters. The van der Waals surface area contributed by atoms with Crippen molar-refractivity contribution >= 4 is 38.4 Å². The van der Waals surface area contributed by atoms with Gasteiger partial charge >= 0.3 is 0 Å². The van der Waals surface area contributed by atoms with Gasteiger partial charge in [-0.15, -0.1) is 12.4 Å². The van der Waals surface area contributed by atoms with Crippen molar-refractivity contribution in [3.63, 3.8) is 0 Å². The fourth-order valence-electron chi connectivity index (χ4n) is 1.43. The summed E-state index contributed by atoms with van der Waals surface area (Å²) in [5.74, 6) is 0.680. The monoisotopic (exact) mass is 388 g/mol. The largest absolute Gasteiger partial charge is 0.496 e. The fraction of sp³-hybridized carbons (Fsp3) is 0.455. The lowest BCUT2D eigenvalue weighted by Crippen LogP contribution is -2.30. The van der Waals surface area contributed by atoms with E-state index in [1.165, 1.54) is 20.3 Å². The molecule has 2 N–H and O–H groups in total. The summed E-state index contributed by atoms with van der Waals surface area (Å²) in [4.78, 5) is 0.0474. The Morgan fingerprint density at radius 3 is 2.25 bits per heavy atom. The van der Waals surface area contributed by atoms with E-state index in [4.69, 9.17) is 9.47 Å². The number of sulfonamides is 1. The number of rotatable bonds is 7. The number of ether oxygens (including phenoxy) is 2. The number of benzene rings is 1. The molecule has 0 spiro atoms. The average Bonchev–Trinajstić information content (AvgIpc) is 2.38. The smallest absolute Gasteiger partial charge is 0.244 e. The molecule has 0 bridgehead atoms. The minimum Gasteiger partial charge on any atom is -0.496 e. The van der Waals surface area contributed by atoms with Crippen LogP contribution >= 0.6 is 28.3 Å². The maximum Gasteiger partial charge on any atom is 0.244 e. The van der Waals surface area contributed by atoms with E-state index in [0.29, 0.717) is 23.3 Å². The molecule has 0 saturated carbocycles. The van der Waals surface area contributed by atoms with E-state index in [0.717, 1.165) is 0 Å². The second-order valence-corrected chi connectivity index (χ2v) is 6.23. The van der Waals surface area contributed by atoms with Crippen molar-refractivity contribution in [2.45, 2.75) is 4.90 Å². The molecule has 1 aromatic rings. The van der Waals surface area contributed by atoms with Gasteiger partial charge < -0.3 is 14.8 Å². The Hall–Kier alpha value is -0.540. The van der Waals surface area contributed by atoms with Crippen molar-refractivity contribution in [3.05, 3.63) is 16.6 Å². The van der Waals surface area contributed by atoms with Crippen molar-refractivity contribution in [2.24, 2.45) is 0 Å². The Morgan fingerprint density at radius 1 is 1.15 bits per heavy atom. The molecular formula is C11H18BrClN2O4S. The molecule has 0 atom stereocenters. The first-order chi connectivity index (χ1) is 8.96. The first-order valence-corrected chi connectivity index (χ1v) is 7.79. The normalized spacial score (nSPS) is 10.8. The van der Waals surface area contributed by atoms with Crippen LogP contribution in [0.25, 0.3) is 0 Å². The van der Waals surface area contributed by atoms with Crippen molar-refractivity contribution in [2.75, 3.05) is 34.4 Å². The van der Waals surface area contributed by atoms with E-state index < -0.39 is 10.0 Å². The number of hydrogen-bond donors (Lipinski definition) is 2. The van der Waals surface area contributed by atoms with Crippen LogP contribution in [-0.2, 0) is 10.0 Å². The third kappa shape index (κ3) is 4.78. The molecule has 1 aromatic carbocycles. The predicted molar refractivity (Wildman–Crippen MR) is 83.6 cm³/mol. The van der Waals surface area contributed by atoms with Gasteiger partial charge in [0.25, 0.3) is 0 Å². The van der Waals surface area contributed by atoms with Crippen LogP contribution < -0.4 is 19.5 Å². The SMILES string of the molecule is CNCCNS(=O)(=O)c1cc(OC)c(Br)cc1OC.Cl. The third-order valence-corrected chi connectivity index (χ3v) is 4.50. The van der Waals surface area contributed by atoms with Gasteiger partial charge in [0.2, 0.25) is 10.0 Å². The number of likely N-dealkylation sites (N-methyl/N-ethyl adjacent to an activating group) is 1. The van der Waals surface area contributed by atoms with Crippen LogP contribution in [0, 0.1) is 0 Å². The van der Waals surface area contributed by atoms with E-state index in [1.54, 1.807) is 13.1 Å². The highest BCUT2D eigenvalue weighted by Crippen LogP contribution is 2.35. The van der Waals surface area contributed by atoms with Crippen LogP contribution in [0.3, 0.4) is 0 Å². The molecule has 20 heavy (non-hydrogen) atoms. The highest BCUT2D eigenvalue weighted by atomic mass is 79.9. The van der Waals surface area contributed by atoms with Crippen molar-refractivity contribution in [3.8, 4) is 11.5 Å². The summed E-state index contributed by atoms with van der Waals surface area (Å²) >= 11 is 3.28. The molecule has 0 heterocycles. The van der Waals surface area contributed by atoms with Gasteiger partial charge in [0.05, 0.1) is 18.7 Å². The summed E-state index contributed by atoms with van der Waals surface area (Å²) in [6.07, 6.45) is 0. The highest BCUT2D eigenvalue weighted by molar-refractivity contribution is 9.10. The predicted octanol–water partition coefficient (Wildman–Crippen LogP) is 1.39. The molecule has 0 aliphatic carbocycles. The lowest BCUT2D eigenvalue weighted by atomic mass is 10.3. The Labute approximate surface area is 133 Å². The van der Waals surface area contributed by atoms with Crippen molar-refractivity contribution in [1.82, 2.24) is 10.0 Å². The van der Waals surface area contributed by atoms with E-state index in [2.05, 4.69) is 26.0 Å². The zero-order valence-corrected chi connectivity index (χ0v) is 14.6. The van der Waals surface area contributed by atoms with Crippen molar-refractivity contribution < 1.29 is 17.9 Å². The van der Waals surface area contributed by atoms with Crippen LogP contribution in [-0.4, -0.2) is 42.8 Å². The van der Waals surface area contributed by atoms with Gasteiger partial charge in [-0.2, -0.15) is 0 Å². The quantitative estimate of drug-likeness (QED) is 0.689. The summed E-state index contributed by atoms with van der Waals surface area (Å²) < 4.78 is 37.7. The maximum atomic E-state index is 12.2. The van der Waals surface area contributed by atoms with Crippen LogP contribution in [0.2, 0.25) is 0 Å². The van der Waals surface area contributed by atoms with Gasteiger partial charge in [-0.25, -0.2) is 13.1 Å². The number of nitrogens with one attached hydrogen (secondary N) is 2. The molecule has 1 rings (SSSR count). The second-order valence-electron chi connectivity index (χ2n) is 3.64. The molecule has 0 aromatic heterocycles. The van der Waals surface area contributed by atoms with Crippen LogP contribution in [0.15, 0.2) is 21.5 Å². The van der Waals surface area contributed by atoms with E-state index in [9.17, 15) is 8.42 Å². The summed E-state index contributed by atoms with van der Waals surface area (Å²) in [5, 5.41) is 2.86. The topological polar surface area (TPSA) is 76.7 Å². The van der Waals surface area contributed by atoms with E-state index >= 15 is 0 Å². The van der Waals surface area contributed by atoms with Gasteiger partial charge in [-0.05, 0) is 29.0 Å². The Kier molecular flexibility index (Phi) is 8.45. The number of hydrogen-bond acceptors (Lipinski definition) is 5. The first kappa shape index (κ1) is 19.5. The van der Waals surface area contributed by atoms with Crippen LogP contribution in [0.1, 0.15) is 0 Å². The van der Waals surface area contributed by atoms with E-state index in [-0.39, 0.29) is 23.1 Å². The minimum absolute atomic E-state index is 0. The molecular weight excluding hydrogens is 372 g/mol. The first-order valence-electron chi connectivity index (χ1n) is 5.52. The maximum absolute atomic E-state index is 12.2. The summed E-state index contributed by atoms with van der Waals surface area (Å²) in [5.41, 5.74) is 0. The van der Waals surface area contributed by atoms with Crippen LogP contribution in [0.4, 0.5) is 0 Å². The summed E-state index contributed by atoms with van der Waals surface area (Å²) in [6, 6.07) is 2.98. The molecule has 0 aliphatic rings. The lowest BCUT2D eigenvalue weighted by Gasteiger charge is -2.13. The van der Waals surface area contributed by atoms with Gasteiger partial charge in [0.15, 0.2) is 0 Å². The summed E-state index contributed by atoms with van der Waals surface area (Å²) in [7, 11) is 0.994. The van der Waals surface area contributed by atoms with Crippen molar-refractivity contribution in [1.29, 1.82) is 0 Å². The molecule has 0 fully saturated rings. The Balaban J connectivity index is 0.00000361. The van der Waals surface area contributed by atoms with Gasteiger partial charge in [0.1, 0.15) is 16.4 Å². The standard InChI is InChI=1S/C11H17BrN2O4S.ClH/c1-13-4-5-14-19(15,16)11-7-9(17-2)8(12)6-10(11)18-3;/h6-7,13-14H,4-5H2,1-3H3;1H. The average molecular weight is 390 g/mol. The Bertz CT molecular complexity index is 539. The number of halogens is 2. The minimum atomic E-state index is -3.64. The zero-order chi connectivity index (χ0) is 14.5. The third-order valence-electron chi connectivity index (χ3n) is 2.39. The van der Waals surface area contributed by atoms with Gasteiger partial charge in [0, 0.05) is 19.2 Å². The molecule has 0 radical (unpaired) electrons. The summed E-state index contributed by atoms with van der Waals surface area (Å²) in [6.45, 7) is 0.829. The van der Waals surface area contributed by atoms with E-state index in [1.807, 2.05) is 0 Å². The van der Waals surface area contributed by atoms with Crippen LogP contribution in [0.5, 0.6) is 11.5 Å². The van der Waals surface area contributed by atoms with Gasteiger partial charge in [-0.1, -0.05) is 0 Å². The molecule has 9 heteroatoms. The van der Waals surface area contributed by atoms with Gasteiger partial charge in [-0.3, -0.25) is 0 Å². The number of methoxy groups -OCH3 is 2.